The number of hydrogen-bond donors (Lipinski definition) is 1. The maximum Gasteiger partial charge on any atom is 0.262 e. The Morgan fingerprint density at radius 1 is 1.12 bits per heavy atom. The van der Waals surface area contributed by atoms with Gasteiger partial charge in [0, 0.05) is 10.2 Å². The number of carbonyl (C=O) groups is 1. The highest BCUT2D eigenvalue weighted by molar-refractivity contribution is 9.10. The van der Waals surface area contributed by atoms with Crippen LogP contribution < -0.4 is 10.1 Å². The molecule has 0 aliphatic heterocycles. The van der Waals surface area contributed by atoms with Gasteiger partial charge in [-0.25, -0.2) is 0 Å². The molecule has 0 fully saturated rings. The first-order valence-corrected chi connectivity index (χ1v) is 9.21. The molecule has 0 bridgehead atoms. The van der Waals surface area contributed by atoms with Crippen LogP contribution in [0.5, 0.6) is 5.75 Å². The van der Waals surface area contributed by atoms with Crippen molar-refractivity contribution in [2.75, 3.05) is 11.9 Å². The molecular formula is C20H24BrNO2. The van der Waals surface area contributed by atoms with Gasteiger partial charge in [0.2, 0.25) is 0 Å². The molecule has 2 rings (SSSR count). The molecule has 0 aromatic heterocycles. The zero-order valence-corrected chi connectivity index (χ0v) is 15.9. The third-order valence-corrected chi connectivity index (χ3v) is 4.31. The second-order valence-corrected chi connectivity index (χ2v) is 6.66. The van der Waals surface area contributed by atoms with Crippen molar-refractivity contribution in [3.8, 4) is 5.75 Å². The molecule has 0 atom stereocenters. The molecule has 0 spiro atoms. The number of unbranched alkanes of at least 4 members (excludes halogenated alkanes) is 1. The molecule has 24 heavy (non-hydrogen) atoms. The quantitative estimate of drug-likeness (QED) is 0.658. The Hall–Kier alpha value is -1.81. The fraction of sp³-hybridized carbons (Fsp3) is 0.350. The van der Waals surface area contributed by atoms with E-state index in [1.165, 1.54) is 18.4 Å². The fourth-order valence-corrected chi connectivity index (χ4v) is 2.85. The van der Waals surface area contributed by atoms with Gasteiger partial charge in [-0.3, -0.25) is 4.79 Å². The van der Waals surface area contributed by atoms with E-state index in [2.05, 4.69) is 47.2 Å². The first-order valence-electron chi connectivity index (χ1n) is 8.42. The zero-order chi connectivity index (χ0) is 17.4. The summed E-state index contributed by atoms with van der Waals surface area (Å²) in [5.74, 6) is 0.604. The van der Waals surface area contributed by atoms with Crippen molar-refractivity contribution in [3.63, 3.8) is 0 Å². The predicted octanol–water partition coefficient (Wildman–Crippen LogP) is 5.37. The highest BCUT2D eigenvalue weighted by atomic mass is 79.9. The van der Waals surface area contributed by atoms with E-state index < -0.39 is 0 Å². The second kappa shape index (κ2) is 9.48. The summed E-state index contributed by atoms with van der Waals surface area (Å²) in [4.78, 5) is 12.1. The Morgan fingerprint density at radius 2 is 1.88 bits per heavy atom. The van der Waals surface area contributed by atoms with E-state index in [1.54, 1.807) is 0 Å². The van der Waals surface area contributed by atoms with Crippen LogP contribution in [-0.2, 0) is 17.6 Å². The van der Waals surface area contributed by atoms with Crippen molar-refractivity contribution in [2.24, 2.45) is 0 Å². The number of benzene rings is 2. The number of rotatable bonds is 8. The Morgan fingerprint density at radius 3 is 2.54 bits per heavy atom. The van der Waals surface area contributed by atoms with Crippen molar-refractivity contribution < 1.29 is 9.53 Å². The molecule has 0 saturated carbocycles. The fourth-order valence-electron chi connectivity index (χ4n) is 2.44. The number of hydrogen-bond acceptors (Lipinski definition) is 2. The molecule has 128 valence electrons. The number of halogens is 1. The van der Waals surface area contributed by atoms with Gasteiger partial charge in [0.15, 0.2) is 6.61 Å². The lowest BCUT2D eigenvalue weighted by atomic mass is 10.1. The lowest BCUT2D eigenvalue weighted by Gasteiger charge is -2.11. The minimum atomic E-state index is -0.152. The van der Waals surface area contributed by atoms with Crippen molar-refractivity contribution in [1.29, 1.82) is 0 Å². The van der Waals surface area contributed by atoms with Crippen LogP contribution >= 0.6 is 15.9 Å². The first kappa shape index (κ1) is 18.5. The molecule has 4 heteroatoms. The zero-order valence-electron chi connectivity index (χ0n) is 14.3. The van der Waals surface area contributed by atoms with Gasteiger partial charge in [-0.1, -0.05) is 48.3 Å². The van der Waals surface area contributed by atoms with Crippen LogP contribution in [0.4, 0.5) is 5.69 Å². The number of amides is 1. The molecule has 0 saturated heterocycles. The lowest BCUT2D eigenvalue weighted by molar-refractivity contribution is -0.118. The Bertz CT molecular complexity index is 668. The molecule has 2 aromatic rings. The Kier molecular flexibility index (Phi) is 7.32. The number of carbonyl (C=O) groups excluding carboxylic acids is 1. The third kappa shape index (κ3) is 5.68. The number of anilines is 1. The summed E-state index contributed by atoms with van der Waals surface area (Å²) in [5, 5.41) is 2.87. The van der Waals surface area contributed by atoms with E-state index in [-0.39, 0.29) is 12.5 Å². The van der Waals surface area contributed by atoms with Gasteiger partial charge in [0.25, 0.3) is 5.91 Å². The summed E-state index contributed by atoms with van der Waals surface area (Å²) in [7, 11) is 0. The average Bonchev–Trinajstić information content (AvgIpc) is 2.60. The SMILES string of the molecule is CCCCc1ccc(NC(=O)COc2ccc(Br)cc2CC)cc1. The van der Waals surface area contributed by atoms with Gasteiger partial charge >= 0.3 is 0 Å². The van der Waals surface area contributed by atoms with E-state index in [4.69, 9.17) is 4.74 Å². The van der Waals surface area contributed by atoms with E-state index >= 15 is 0 Å². The van der Waals surface area contributed by atoms with Crippen LogP contribution in [0.3, 0.4) is 0 Å². The van der Waals surface area contributed by atoms with E-state index in [9.17, 15) is 4.79 Å². The summed E-state index contributed by atoms with van der Waals surface area (Å²) in [5.41, 5.74) is 3.18. The molecule has 0 heterocycles. The van der Waals surface area contributed by atoms with Gasteiger partial charge < -0.3 is 10.1 Å². The standard InChI is InChI=1S/C20H24BrNO2/c1-3-5-6-15-7-10-18(11-8-15)22-20(23)14-24-19-12-9-17(21)13-16(19)4-2/h7-13H,3-6,14H2,1-2H3,(H,22,23). The summed E-state index contributed by atoms with van der Waals surface area (Å²) in [6, 6.07) is 13.8. The Balaban J connectivity index is 1.87. The van der Waals surface area contributed by atoms with Crippen LogP contribution in [0.1, 0.15) is 37.8 Å². The predicted molar refractivity (Wildman–Crippen MR) is 103 cm³/mol. The highest BCUT2D eigenvalue weighted by Gasteiger charge is 2.07. The second-order valence-electron chi connectivity index (χ2n) is 5.74. The average molecular weight is 390 g/mol. The molecular weight excluding hydrogens is 366 g/mol. The molecule has 2 aromatic carbocycles. The van der Waals surface area contributed by atoms with Crippen molar-refractivity contribution in [2.45, 2.75) is 39.5 Å². The van der Waals surface area contributed by atoms with E-state index in [0.29, 0.717) is 0 Å². The summed E-state index contributed by atoms with van der Waals surface area (Å²) >= 11 is 3.45. The molecule has 0 radical (unpaired) electrons. The monoisotopic (exact) mass is 389 g/mol. The third-order valence-electron chi connectivity index (χ3n) is 3.82. The molecule has 1 N–H and O–H groups in total. The Labute approximate surface area is 152 Å². The molecule has 0 aliphatic carbocycles. The minimum absolute atomic E-state index is 0.00617. The van der Waals surface area contributed by atoms with Gasteiger partial charge in [-0.15, -0.1) is 0 Å². The van der Waals surface area contributed by atoms with Crippen LogP contribution in [0.15, 0.2) is 46.9 Å². The molecule has 0 aliphatic rings. The van der Waals surface area contributed by atoms with Crippen LogP contribution in [0.2, 0.25) is 0 Å². The van der Waals surface area contributed by atoms with Gasteiger partial charge in [-0.05, 0) is 60.7 Å². The smallest absolute Gasteiger partial charge is 0.262 e. The van der Waals surface area contributed by atoms with Gasteiger partial charge in [-0.2, -0.15) is 0 Å². The summed E-state index contributed by atoms with van der Waals surface area (Å²) < 4.78 is 6.67. The molecule has 0 unspecified atom stereocenters. The van der Waals surface area contributed by atoms with Crippen molar-refractivity contribution in [1.82, 2.24) is 0 Å². The maximum atomic E-state index is 12.1. The van der Waals surface area contributed by atoms with E-state index in [1.807, 2.05) is 30.3 Å². The van der Waals surface area contributed by atoms with Gasteiger partial charge in [0.05, 0.1) is 0 Å². The highest BCUT2D eigenvalue weighted by Crippen LogP contribution is 2.23. The van der Waals surface area contributed by atoms with E-state index in [0.717, 1.165) is 34.3 Å². The minimum Gasteiger partial charge on any atom is -0.483 e. The summed E-state index contributed by atoms with van der Waals surface area (Å²) in [6.07, 6.45) is 4.31. The number of ether oxygens (including phenoxy) is 1. The maximum absolute atomic E-state index is 12.1. The molecule has 1 amide bonds. The topological polar surface area (TPSA) is 38.3 Å². The van der Waals surface area contributed by atoms with Crippen LogP contribution in [0, 0.1) is 0 Å². The summed E-state index contributed by atoms with van der Waals surface area (Å²) in [6.45, 7) is 4.25. The van der Waals surface area contributed by atoms with Crippen LogP contribution in [0.25, 0.3) is 0 Å². The number of nitrogens with one attached hydrogen (secondary N) is 1. The normalized spacial score (nSPS) is 10.5. The lowest BCUT2D eigenvalue weighted by Crippen LogP contribution is -2.20. The largest absolute Gasteiger partial charge is 0.483 e. The number of aryl methyl sites for hydroxylation is 2. The molecule has 3 nitrogen and oxygen atoms in total. The van der Waals surface area contributed by atoms with Gasteiger partial charge in [0.1, 0.15) is 5.75 Å². The van der Waals surface area contributed by atoms with Crippen molar-refractivity contribution >= 4 is 27.5 Å². The first-order chi connectivity index (χ1) is 11.6. The van der Waals surface area contributed by atoms with Crippen molar-refractivity contribution in [3.05, 3.63) is 58.1 Å². The van der Waals surface area contributed by atoms with Crippen LogP contribution in [-0.4, -0.2) is 12.5 Å².